The Balaban J connectivity index is 4.04. The van der Waals surface area contributed by atoms with Crippen LogP contribution in [0.1, 0.15) is 0 Å². The molecule has 0 aliphatic carbocycles. The summed E-state index contributed by atoms with van der Waals surface area (Å²) in [5, 5.41) is 8.18. The van der Waals surface area contributed by atoms with E-state index in [0.29, 0.717) is 0 Å². The van der Waals surface area contributed by atoms with Gasteiger partial charge in [0, 0.05) is 0 Å². The highest BCUT2D eigenvalue weighted by molar-refractivity contribution is 7.53. The third-order valence-corrected chi connectivity index (χ3v) is 2.57. The van der Waals surface area contributed by atoms with Crippen LogP contribution in [0, 0.1) is 0 Å². The van der Waals surface area contributed by atoms with Gasteiger partial charge in [0.2, 0.25) is 0 Å². The molecule has 4 N–H and O–H groups in total. The van der Waals surface area contributed by atoms with E-state index in [2.05, 4.69) is 15.9 Å². The predicted molar refractivity (Wildman–Crippen MR) is 37.2 cm³/mol. The van der Waals surface area contributed by atoms with Gasteiger partial charge in [0.1, 0.15) is 6.04 Å². The van der Waals surface area contributed by atoms with Gasteiger partial charge in [-0.2, -0.15) is 4.08 Å². The Kier molecular flexibility index (Phi) is 3.99. The number of aliphatic carboxylic acids is 1. The highest BCUT2D eigenvalue weighted by Gasteiger charge is 2.26. The molecule has 6 nitrogen and oxygen atoms in total. The maximum absolute atomic E-state index is 10.6. The maximum atomic E-state index is 10.6. The first-order valence-electron chi connectivity index (χ1n) is 2.49. The summed E-state index contributed by atoms with van der Waals surface area (Å²) in [7, 11) is -4.02. The van der Waals surface area contributed by atoms with Crippen LogP contribution in [-0.4, -0.2) is 28.2 Å². The van der Waals surface area contributed by atoms with Crippen LogP contribution in [0.15, 0.2) is 0 Å². The lowest BCUT2D eigenvalue weighted by atomic mass is 10.4. The van der Waals surface area contributed by atoms with Gasteiger partial charge < -0.3 is 15.7 Å². The fraction of sp³-hybridized carbons (Fsp3) is 0.667. The zero-order valence-corrected chi connectivity index (χ0v) is 6.96. The van der Waals surface area contributed by atoms with E-state index in [-0.39, 0.29) is 0 Å². The summed E-state index contributed by atoms with van der Waals surface area (Å²) in [5.74, 6) is -1.38. The third kappa shape index (κ3) is 4.34. The second-order valence-corrected chi connectivity index (χ2v) is 4.03. The summed E-state index contributed by atoms with van der Waals surface area (Å²) < 4.78 is 14.2. The summed E-state index contributed by atoms with van der Waals surface area (Å²) in [5.41, 5.74) is 4.91. The van der Waals surface area contributed by atoms with Gasteiger partial charge in [0.05, 0.1) is 18.0 Å². The van der Waals surface area contributed by atoms with Gasteiger partial charge >= 0.3 is 13.6 Å². The van der Waals surface area contributed by atoms with Crippen molar-refractivity contribution in [3.63, 3.8) is 0 Å². The minimum Gasteiger partial charge on any atom is -0.480 e. The molecule has 2 unspecified atom stereocenters. The summed E-state index contributed by atoms with van der Waals surface area (Å²) in [6, 6.07) is -1.44. The summed E-state index contributed by atoms with van der Waals surface area (Å²) in [6.45, 7) is 0. The number of carboxylic acids is 1. The first-order chi connectivity index (χ1) is 4.89. The molecule has 0 aromatic heterocycles. The molecule has 0 saturated heterocycles. The third-order valence-electron chi connectivity index (χ3n) is 0.852. The smallest absolute Gasteiger partial charge is 0.346 e. The average Bonchev–Trinajstić information content (AvgIpc) is 1.87. The van der Waals surface area contributed by atoms with Crippen LogP contribution in [0.2, 0.25) is 0 Å². The Morgan fingerprint density at radius 2 is 2.27 bits per heavy atom. The second-order valence-electron chi connectivity index (χ2n) is 1.83. The molecular formula is C3H7ClNO5P. The standard InChI is InChI=1S/C3H7ClNO5P/c4-10-11(8,9)1-2(5)3(6)7/h2H,1,5H2,(H,6,7)(H,8,9). The SMILES string of the molecule is NC(CP(=O)(O)OCl)C(=O)O. The largest absolute Gasteiger partial charge is 0.480 e. The first-order valence-corrected chi connectivity index (χ1v) is 4.57. The Morgan fingerprint density at radius 3 is 2.55 bits per heavy atom. The summed E-state index contributed by atoms with van der Waals surface area (Å²) in [6.07, 6.45) is -0.703. The number of halogens is 1. The molecule has 0 spiro atoms. The summed E-state index contributed by atoms with van der Waals surface area (Å²) in [4.78, 5) is 18.6. The number of hydrogen-bond donors (Lipinski definition) is 3. The first kappa shape index (κ1) is 10.9. The second kappa shape index (κ2) is 4.04. The molecule has 0 aliphatic rings. The van der Waals surface area contributed by atoms with E-state index in [9.17, 15) is 9.36 Å². The quantitative estimate of drug-likeness (QED) is 0.544. The average molecular weight is 204 g/mol. The zero-order valence-electron chi connectivity index (χ0n) is 5.31. The van der Waals surface area contributed by atoms with Crippen molar-refractivity contribution < 1.29 is 23.4 Å². The molecular weight excluding hydrogens is 196 g/mol. The van der Waals surface area contributed by atoms with E-state index < -0.39 is 25.8 Å². The molecule has 0 amide bonds. The van der Waals surface area contributed by atoms with Gasteiger partial charge in [0.15, 0.2) is 0 Å². The normalized spacial score (nSPS) is 18.8. The molecule has 0 fully saturated rings. The van der Waals surface area contributed by atoms with E-state index >= 15 is 0 Å². The van der Waals surface area contributed by atoms with Crippen LogP contribution in [0.4, 0.5) is 0 Å². The minimum absolute atomic E-state index is 0.703. The Morgan fingerprint density at radius 1 is 1.82 bits per heavy atom. The number of nitrogens with two attached hydrogens (primary N) is 1. The number of rotatable bonds is 4. The molecule has 0 bridgehead atoms. The Hall–Kier alpha value is -0.130. The van der Waals surface area contributed by atoms with Crippen LogP contribution in [0.5, 0.6) is 0 Å². The summed E-state index contributed by atoms with van der Waals surface area (Å²) >= 11 is 4.58. The van der Waals surface area contributed by atoms with Gasteiger partial charge in [-0.05, 0) is 0 Å². The number of carbonyl (C=O) groups is 1. The molecule has 66 valence electrons. The molecule has 11 heavy (non-hydrogen) atoms. The fourth-order valence-corrected chi connectivity index (χ4v) is 1.23. The Bertz CT molecular complexity index is 196. The topological polar surface area (TPSA) is 110 Å². The highest BCUT2D eigenvalue weighted by Crippen LogP contribution is 2.43. The van der Waals surface area contributed by atoms with Crippen molar-refractivity contribution in [1.82, 2.24) is 0 Å². The van der Waals surface area contributed by atoms with Crippen LogP contribution in [0.25, 0.3) is 0 Å². The Labute approximate surface area is 67.6 Å². The molecule has 0 heterocycles. The maximum Gasteiger partial charge on any atom is 0.346 e. The van der Waals surface area contributed by atoms with Gasteiger partial charge in [-0.1, -0.05) is 0 Å². The predicted octanol–water partition coefficient (Wildman–Crippen LogP) is -0.246. The van der Waals surface area contributed by atoms with Crippen molar-refractivity contribution in [1.29, 1.82) is 0 Å². The van der Waals surface area contributed by atoms with E-state index in [1.165, 1.54) is 0 Å². The molecule has 0 aromatic rings. The van der Waals surface area contributed by atoms with E-state index in [1.807, 2.05) is 0 Å². The van der Waals surface area contributed by atoms with Crippen LogP contribution in [0.3, 0.4) is 0 Å². The van der Waals surface area contributed by atoms with Crippen molar-refractivity contribution in [2.24, 2.45) is 5.73 Å². The lowest BCUT2D eigenvalue weighted by molar-refractivity contribution is -0.138. The highest BCUT2D eigenvalue weighted by atomic mass is 35.5. The molecule has 0 aromatic carbocycles. The van der Waals surface area contributed by atoms with Crippen LogP contribution < -0.4 is 5.73 Å². The number of hydrogen-bond acceptors (Lipinski definition) is 4. The molecule has 0 rings (SSSR count). The molecule has 0 saturated carbocycles. The monoisotopic (exact) mass is 203 g/mol. The molecule has 0 radical (unpaired) electrons. The van der Waals surface area contributed by atoms with Gasteiger partial charge in [-0.3, -0.25) is 9.36 Å². The van der Waals surface area contributed by atoms with Crippen molar-refractivity contribution in [3.05, 3.63) is 0 Å². The van der Waals surface area contributed by atoms with E-state index in [4.69, 9.17) is 15.7 Å². The number of carboxylic acid groups (broad SMARTS) is 1. The fourth-order valence-electron chi connectivity index (χ4n) is 0.355. The molecule has 2 atom stereocenters. The van der Waals surface area contributed by atoms with Gasteiger partial charge in [0.25, 0.3) is 0 Å². The van der Waals surface area contributed by atoms with Gasteiger partial charge in [-0.15, -0.1) is 0 Å². The van der Waals surface area contributed by atoms with Crippen molar-refractivity contribution in [2.75, 3.05) is 6.16 Å². The lowest BCUT2D eigenvalue weighted by Crippen LogP contribution is -2.33. The van der Waals surface area contributed by atoms with Crippen LogP contribution in [-0.2, 0) is 13.4 Å². The minimum atomic E-state index is -4.02. The molecule has 0 aliphatic heterocycles. The van der Waals surface area contributed by atoms with Gasteiger partial charge in [-0.25, -0.2) is 0 Å². The van der Waals surface area contributed by atoms with Crippen molar-refractivity contribution in [2.45, 2.75) is 6.04 Å². The van der Waals surface area contributed by atoms with Crippen LogP contribution >= 0.6 is 19.5 Å². The lowest BCUT2D eigenvalue weighted by Gasteiger charge is -2.08. The van der Waals surface area contributed by atoms with E-state index in [0.717, 1.165) is 0 Å². The van der Waals surface area contributed by atoms with Crippen molar-refractivity contribution in [3.8, 4) is 0 Å². The van der Waals surface area contributed by atoms with Crippen molar-refractivity contribution >= 4 is 25.4 Å². The zero-order chi connectivity index (χ0) is 9.07. The van der Waals surface area contributed by atoms with E-state index in [1.54, 1.807) is 0 Å². The molecule has 8 heteroatoms.